The minimum atomic E-state index is -1.12. The molecular weight excluding hydrogens is 867 g/mol. The molecule has 24 nitrogen and oxygen atoms in total. The third kappa shape index (κ3) is 44.6. The second-order valence-electron chi connectivity index (χ2n) is 15.2. The molecule has 0 rings (SSSR count). The van der Waals surface area contributed by atoms with Crippen LogP contribution in [-0.2, 0) is 57.2 Å². The van der Waals surface area contributed by atoms with Crippen molar-refractivity contribution in [1.29, 1.82) is 0 Å². The predicted octanol–water partition coefficient (Wildman–Crippen LogP) is 2.97. The van der Waals surface area contributed by atoms with E-state index in [9.17, 15) is 28.8 Å². The van der Waals surface area contributed by atoms with Gasteiger partial charge in [0.2, 0.25) is 23.6 Å². The quantitative estimate of drug-likeness (QED) is 0.0221. The van der Waals surface area contributed by atoms with Crippen LogP contribution < -0.4 is 27.0 Å². The summed E-state index contributed by atoms with van der Waals surface area (Å²) >= 11 is 0. The number of hydrogen-bond acceptors (Lipinski definition) is 15. The van der Waals surface area contributed by atoms with Crippen molar-refractivity contribution in [3.8, 4) is 0 Å². The highest BCUT2D eigenvalue weighted by Gasteiger charge is 2.15. The van der Waals surface area contributed by atoms with E-state index in [1.807, 2.05) is 20.8 Å². The summed E-state index contributed by atoms with van der Waals surface area (Å²) in [6.07, 6.45) is 5.75. The van der Waals surface area contributed by atoms with Gasteiger partial charge in [0, 0.05) is 79.7 Å². The molecule has 0 radical (unpaired) electrons. The molecule has 0 fully saturated rings. The standard InChI is InChI=1S/C22H41N5O6.C20H38N6O7/c1-18(20(3)28)7-8-21(29)24-9-5-4-6-19(2)22(30)25-10-12-31-14-16-33-17-15-32-13-11-26-27-23;1-16(4-2-3-7-23-18(27)6-5-17(21)20(29)30)19(28)24-8-10-31-12-14-33-15-13-32-11-9-25-26-22/h18-19H,4-17H2,1-3H3,(H,24,29)(H,25,30);16-17H,2-15,21H2,1H3,(H,23,27)(H,24,28)(H,29,30)/t18-,19?;16?,17-/m00/s1. The number of carbonyl (C=O) groups is 6. The number of carboxylic acids is 1. The Hall–Kier alpha value is -4.64. The molecule has 0 heterocycles. The highest BCUT2D eigenvalue weighted by molar-refractivity contribution is 5.80. The average molecular weight is 946 g/mol. The molecule has 0 saturated heterocycles. The van der Waals surface area contributed by atoms with Crippen molar-refractivity contribution < 1.29 is 62.3 Å². The van der Waals surface area contributed by atoms with Crippen molar-refractivity contribution in [3.63, 3.8) is 0 Å². The number of hydrogen-bond donors (Lipinski definition) is 6. The van der Waals surface area contributed by atoms with Crippen LogP contribution in [0.3, 0.4) is 0 Å². The first-order valence-corrected chi connectivity index (χ1v) is 22.8. The fourth-order valence-corrected chi connectivity index (χ4v) is 5.23. The van der Waals surface area contributed by atoms with Crippen LogP contribution in [0.4, 0.5) is 0 Å². The fourth-order valence-electron chi connectivity index (χ4n) is 5.23. The number of rotatable bonds is 44. The maximum atomic E-state index is 12.1. The van der Waals surface area contributed by atoms with E-state index < -0.39 is 12.0 Å². The molecule has 0 aliphatic carbocycles. The molecule has 0 spiro atoms. The minimum absolute atomic E-state index is 0.00464. The van der Waals surface area contributed by atoms with Gasteiger partial charge in [0.15, 0.2) is 0 Å². The van der Waals surface area contributed by atoms with Crippen molar-refractivity contribution in [3.05, 3.63) is 20.9 Å². The monoisotopic (exact) mass is 946 g/mol. The average Bonchev–Trinajstić information content (AvgIpc) is 3.29. The number of aliphatic carboxylic acids is 1. The number of amides is 4. The topological polar surface area (TPSA) is 350 Å². The zero-order valence-electron chi connectivity index (χ0n) is 39.7. The third-order valence-electron chi connectivity index (χ3n) is 9.54. The summed E-state index contributed by atoms with van der Waals surface area (Å²) in [5, 5.41) is 26.6. The largest absolute Gasteiger partial charge is 0.480 e. The van der Waals surface area contributed by atoms with E-state index in [-0.39, 0.29) is 60.0 Å². The molecule has 7 N–H and O–H groups in total. The van der Waals surface area contributed by atoms with Crippen LogP contribution in [0.1, 0.15) is 91.9 Å². The first-order chi connectivity index (χ1) is 31.8. The number of nitrogens with two attached hydrogens (primary N) is 1. The van der Waals surface area contributed by atoms with Gasteiger partial charge in [-0.2, -0.15) is 0 Å². The van der Waals surface area contributed by atoms with Gasteiger partial charge in [0.1, 0.15) is 11.8 Å². The van der Waals surface area contributed by atoms with Crippen LogP contribution in [0.15, 0.2) is 10.2 Å². The van der Waals surface area contributed by atoms with E-state index in [4.69, 9.17) is 50.3 Å². The van der Waals surface area contributed by atoms with Gasteiger partial charge in [0.25, 0.3) is 0 Å². The first-order valence-electron chi connectivity index (χ1n) is 22.8. The van der Waals surface area contributed by atoms with Crippen molar-refractivity contribution in [1.82, 2.24) is 21.3 Å². The summed E-state index contributed by atoms with van der Waals surface area (Å²) in [5.41, 5.74) is 21.6. The number of ether oxygens (including phenoxy) is 6. The second-order valence-corrected chi connectivity index (χ2v) is 15.2. The molecule has 24 heteroatoms. The lowest BCUT2D eigenvalue weighted by molar-refractivity contribution is -0.139. The van der Waals surface area contributed by atoms with Crippen LogP contribution in [-0.4, -0.2) is 165 Å². The lowest BCUT2D eigenvalue weighted by atomic mass is 10.0. The minimum Gasteiger partial charge on any atom is -0.480 e. The lowest BCUT2D eigenvalue weighted by Gasteiger charge is -2.13. The summed E-state index contributed by atoms with van der Waals surface area (Å²) in [6.45, 7) is 14.6. The van der Waals surface area contributed by atoms with E-state index in [2.05, 4.69) is 41.3 Å². The number of nitrogens with zero attached hydrogens (tertiary/aromatic N) is 6. The normalized spacial score (nSPS) is 12.4. The Labute approximate surface area is 389 Å². The Morgan fingerprint density at radius 1 is 0.515 bits per heavy atom. The summed E-state index contributed by atoms with van der Waals surface area (Å²) < 4.78 is 31.8. The Morgan fingerprint density at radius 3 is 1.24 bits per heavy atom. The Kier molecular flexibility index (Phi) is 45.1. The van der Waals surface area contributed by atoms with E-state index in [1.54, 1.807) is 6.92 Å². The lowest BCUT2D eigenvalue weighted by Crippen LogP contribution is -2.33. The molecule has 0 aromatic heterocycles. The van der Waals surface area contributed by atoms with E-state index in [1.165, 1.54) is 0 Å². The van der Waals surface area contributed by atoms with E-state index in [0.29, 0.717) is 138 Å². The molecule has 4 amide bonds. The van der Waals surface area contributed by atoms with Crippen LogP contribution >= 0.6 is 0 Å². The van der Waals surface area contributed by atoms with E-state index >= 15 is 0 Å². The van der Waals surface area contributed by atoms with Gasteiger partial charge in [-0.15, -0.1) is 0 Å². The molecule has 0 aromatic rings. The number of Topliss-reactive ketones (excluding diaryl/α,β-unsaturated/α-hetero) is 1. The van der Waals surface area contributed by atoms with Gasteiger partial charge < -0.3 is 60.5 Å². The summed E-state index contributed by atoms with van der Waals surface area (Å²) in [5.74, 6) is -1.64. The second kappa shape index (κ2) is 46.9. The van der Waals surface area contributed by atoms with Gasteiger partial charge >= 0.3 is 5.97 Å². The van der Waals surface area contributed by atoms with E-state index in [0.717, 1.165) is 32.1 Å². The molecule has 0 aliphatic heterocycles. The number of carboxylic acid groups (broad SMARTS) is 1. The van der Waals surface area contributed by atoms with Crippen molar-refractivity contribution in [2.75, 3.05) is 119 Å². The molecule has 4 atom stereocenters. The molecule has 2 unspecified atom stereocenters. The summed E-state index contributed by atoms with van der Waals surface area (Å²) in [4.78, 5) is 74.5. The molecule has 0 aromatic carbocycles. The van der Waals surface area contributed by atoms with Crippen LogP contribution in [0.2, 0.25) is 0 Å². The van der Waals surface area contributed by atoms with Gasteiger partial charge in [0.05, 0.1) is 79.3 Å². The first kappa shape index (κ1) is 63.4. The molecule has 0 bridgehead atoms. The van der Waals surface area contributed by atoms with Gasteiger partial charge in [-0.1, -0.05) is 43.8 Å². The zero-order valence-corrected chi connectivity index (χ0v) is 39.7. The maximum Gasteiger partial charge on any atom is 0.320 e. The number of carbonyl (C=O) groups excluding carboxylic acids is 5. The molecule has 0 saturated carbocycles. The Bertz CT molecular complexity index is 1300. The van der Waals surface area contributed by atoms with Gasteiger partial charge in [-0.05, 0) is 56.5 Å². The SMILES string of the molecule is CC(=O)[C@@H](C)CCC(=O)NCCCCC(C)C(=O)NCCOCCOCCOCCN=[N+]=[N-].CC(CCCCNC(=O)CC[C@H](N)C(=O)O)C(=O)NCCOCCOCCOCCN=[N+]=[N-]. The van der Waals surface area contributed by atoms with Crippen LogP contribution in [0.25, 0.3) is 20.9 Å². The maximum absolute atomic E-state index is 12.1. The summed E-state index contributed by atoms with van der Waals surface area (Å²) in [6, 6.07) is -1.03. The highest BCUT2D eigenvalue weighted by atomic mass is 16.5. The molecule has 66 heavy (non-hydrogen) atoms. The molecular formula is C42H79N11O13. The fraction of sp³-hybridized carbons (Fsp3) is 0.857. The summed E-state index contributed by atoms with van der Waals surface area (Å²) in [7, 11) is 0. The van der Waals surface area contributed by atoms with Crippen molar-refractivity contribution in [2.24, 2.45) is 33.7 Å². The van der Waals surface area contributed by atoms with Gasteiger partial charge in [-0.3, -0.25) is 28.8 Å². The van der Waals surface area contributed by atoms with Gasteiger partial charge in [-0.25, -0.2) is 0 Å². The van der Waals surface area contributed by atoms with Crippen molar-refractivity contribution >= 4 is 35.4 Å². The van der Waals surface area contributed by atoms with Crippen LogP contribution in [0, 0.1) is 17.8 Å². The number of ketones is 1. The third-order valence-corrected chi connectivity index (χ3v) is 9.54. The highest BCUT2D eigenvalue weighted by Crippen LogP contribution is 2.09. The van der Waals surface area contributed by atoms with Crippen LogP contribution in [0.5, 0.6) is 0 Å². The predicted molar refractivity (Wildman–Crippen MR) is 245 cm³/mol. The number of unbranched alkanes of at least 4 members (excludes halogenated alkanes) is 2. The number of nitrogens with one attached hydrogen (secondary N) is 4. The zero-order chi connectivity index (χ0) is 49.5. The number of azide groups is 2. The smallest absolute Gasteiger partial charge is 0.320 e. The van der Waals surface area contributed by atoms with Crippen molar-refractivity contribution in [2.45, 2.75) is 97.9 Å². The Morgan fingerprint density at radius 2 is 0.879 bits per heavy atom. The Balaban J connectivity index is 0. The molecule has 0 aliphatic rings. The molecule has 380 valence electrons.